The molecule has 0 atom stereocenters. The van der Waals surface area contributed by atoms with Crippen LogP contribution < -0.4 is 4.57 Å². The first kappa shape index (κ1) is 21.4. The molecule has 0 aliphatic heterocycles. The van der Waals surface area contributed by atoms with Gasteiger partial charge in [-0.3, -0.25) is 4.98 Å². The van der Waals surface area contributed by atoms with Crippen LogP contribution in [0.1, 0.15) is 92.9 Å². The molecule has 3 aromatic heterocycles. The first-order valence-corrected chi connectivity index (χ1v) is 13.9. The van der Waals surface area contributed by atoms with E-state index in [-0.39, 0.29) is 0 Å². The molecular formula is C32H36N3+. The number of nitrogens with zero attached hydrogens (tertiary/aromatic N) is 3. The maximum absolute atomic E-state index is 5.41. The molecule has 2 aliphatic rings. The van der Waals surface area contributed by atoms with E-state index in [9.17, 15) is 0 Å². The maximum atomic E-state index is 5.41. The predicted octanol–water partition coefficient (Wildman–Crippen LogP) is 8.02. The Bertz CT molecular complexity index is 1580. The van der Waals surface area contributed by atoms with E-state index in [0.29, 0.717) is 11.8 Å². The lowest BCUT2D eigenvalue weighted by atomic mass is 9.84. The number of benzene rings is 2. The Labute approximate surface area is 207 Å². The van der Waals surface area contributed by atoms with Crippen LogP contribution in [0.2, 0.25) is 0 Å². The van der Waals surface area contributed by atoms with Gasteiger partial charge >= 0.3 is 0 Å². The average Bonchev–Trinajstić information content (AvgIpc) is 3.21. The third kappa shape index (κ3) is 3.31. The number of imidazole rings is 1. The molecule has 35 heavy (non-hydrogen) atoms. The minimum Gasteiger partial charge on any atom is -0.251 e. The van der Waals surface area contributed by atoms with Crippen molar-refractivity contribution in [3.8, 4) is 0 Å². The molecule has 2 aliphatic carbocycles. The second kappa shape index (κ2) is 8.33. The molecule has 0 N–H and O–H groups in total. The number of rotatable bonds is 2. The van der Waals surface area contributed by atoms with Gasteiger partial charge in [0.25, 0.3) is 5.65 Å². The van der Waals surface area contributed by atoms with Crippen LogP contribution >= 0.6 is 0 Å². The van der Waals surface area contributed by atoms with Crippen LogP contribution in [0.15, 0.2) is 48.5 Å². The van der Waals surface area contributed by atoms with Gasteiger partial charge in [-0.2, -0.15) is 4.40 Å². The van der Waals surface area contributed by atoms with Crippen LogP contribution in [0.3, 0.4) is 0 Å². The van der Waals surface area contributed by atoms with E-state index in [1.54, 1.807) is 0 Å². The first-order valence-electron chi connectivity index (χ1n) is 13.9. The molecule has 3 heterocycles. The summed E-state index contributed by atoms with van der Waals surface area (Å²) in [6.45, 7) is 2.30. The second-order valence-corrected chi connectivity index (χ2v) is 11.2. The molecule has 0 unspecified atom stereocenters. The number of aryl methyl sites for hydroxylation is 2. The number of para-hydroxylation sites is 1. The van der Waals surface area contributed by atoms with E-state index in [1.165, 1.54) is 120 Å². The Morgan fingerprint density at radius 2 is 1.51 bits per heavy atom. The SMILES string of the molecule is Cc1cc(C2CCCCC2)nc2c3ccccc3n3c4cc(C5CCCCC5)ccc4[n+](C)c3c12. The standard InChI is InChI=1S/C32H36N3/c1-21-19-26(23-13-7-4-8-14-23)33-31-25-15-9-10-16-27(25)35-29-20-24(22-11-5-3-6-12-22)17-18-28(29)34(2)32(35)30(21)31/h9-10,15-20,22-23H,3-8,11-14H2,1-2H3/q+1. The third-order valence-electron chi connectivity index (χ3n) is 9.09. The summed E-state index contributed by atoms with van der Waals surface area (Å²) >= 11 is 0. The Kier molecular flexibility index (Phi) is 5.08. The van der Waals surface area contributed by atoms with Gasteiger partial charge in [-0.15, -0.1) is 0 Å². The van der Waals surface area contributed by atoms with Crippen molar-refractivity contribution in [3.05, 3.63) is 65.4 Å². The number of hydrogen-bond acceptors (Lipinski definition) is 1. The van der Waals surface area contributed by atoms with Crippen molar-refractivity contribution in [1.29, 1.82) is 0 Å². The minimum atomic E-state index is 0.611. The lowest BCUT2D eigenvalue weighted by Crippen LogP contribution is -2.27. The monoisotopic (exact) mass is 462 g/mol. The van der Waals surface area contributed by atoms with Gasteiger partial charge in [0.2, 0.25) is 0 Å². The fourth-order valence-electron chi connectivity index (χ4n) is 7.25. The summed E-state index contributed by atoms with van der Waals surface area (Å²) in [4.78, 5) is 5.41. The zero-order chi connectivity index (χ0) is 23.5. The lowest BCUT2D eigenvalue weighted by molar-refractivity contribution is -0.617. The van der Waals surface area contributed by atoms with Crippen LogP contribution in [0.25, 0.3) is 38.5 Å². The van der Waals surface area contributed by atoms with Gasteiger partial charge in [-0.05, 0) is 80.0 Å². The van der Waals surface area contributed by atoms with Gasteiger partial charge in [0, 0.05) is 17.0 Å². The highest BCUT2D eigenvalue weighted by molar-refractivity contribution is 6.11. The molecule has 0 radical (unpaired) electrons. The van der Waals surface area contributed by atoms with Gasteiger partial charge in [0.05, 0.1) is 18.0 Å². The smallest absolute Gasteiger partial charge is 0.251 e. The number of hydrogen-bond donors (Lipinski definition) is 0. The molecule has 0 spiro atoms. The minimum absolute atomic E-state index is 0.611. The highest BCUT2D eigenvalue weighted by Gasteiger charge is 2.28. The van der Waals surface area contributed by atoms with Crippen molar-refractivity contribution in [3.63, 3.8) is 0 Å². The summed E-state index contributed by atoms with van der Waals surface area (Å²) in [6, 6.07) is 18.6. The molecule has 5 aromatic rings. The van der Waals surface area contributed by atoms with Gasteiger partial charge in [0.1, 0.15) is 5.52 Å². The number of pyridine rings is 2. The topological polar surface area (TPSA) is 21.2 Å². The van der Waals surface area contributed by atoms with Gasteiger partial charge in [-0.1, -0.05) is 56.7 Å². The summed E-state index contributed by atoms with van der Waals surface area (Å²) in [5.41, 5.74) is 10.5. The van der Waals surface area contributed by atoms with Gasteiger partial charge < -0.3 is 0 Å². The van der Waals surface area contributed by atoms with Crippen molar-refractivity contribution < 1.29 is 4.57 Å². The molecule has 2 fully saturated rings. The van der Waals surface area contributed by atoms with E-state index < -0.39 is 0 Å². The summed E-state index contributed by atoms with van der Waals surface area (Å²) in [5, 5.41) is 2.58. The van der Waals surface area contributed by atoms with Crippen LogP contribution in [-0.2, 0) is 7.05 Å². The fraction of sp³-hybridized carbons (Fsp3) is 0.438. The van der Waals surface area contributed by atoms with Crippen LogP contribution in [0.4, 0.5) is 0 Å². The molecule has 0 amide bonds. The highest BCUT2D eigenvalue weighted by Crippen LogP contribution is 2.38. The van der Waals surface area contributed by atoms with Crippen molar-refractivity contribution in [1.82, 2.24) is 9.38 Å². The van der Waals surface area contributed by atoms with Crippen LogP contribution in [-0.4, -0.2) is 9.38 Å². The number of aromatic nitrogens is 3. The average molecular weight is 463 g/mol. The van der Waals surface area contributed by atoms with Gasteiger partial charge in [-0.25, -0.2) is 4.57 Å². The van der Waals surface area contributed by atoms with Gasteiger partial charge in [0.15, 0.2) is 11.0 Å². The summed E-state index contributed by atoms with van der Waals surface area (Å²) < 4.78 is 4.93. The maximum Gasteiger partial charge on any atom is 0.297 e. The van der Waals surface area contributed by atoms with Crippen molar-refractivity contribution in [2.75, 3.05) is 0 Å². The molecule has 3 heteroatoms. The second-order valence-electron chi connectivity index (χ2n) is 11.2. The zero-order valence-electron chi connectivity index (χ0n) is 21.2. The Morgan fingerprint density at radius 3 is 2.29 bits per heavy atom. The lowest BCUT2D eigenvalue weighted by Gasteiger charge is -2.22. The summed E-state index contributed by atoms with van der Waals surface area (Å²) in [6.07, 6.45) is 13.4. The van der Waals surface area contributed by atoms with E-state index in [2.05, 4.69) is 71.5 Å². The highest BCUT2D eigenvalue weighted by atomic mass is 15.1. The van der Waals surface area contributed by atoms with Crippen molar-refractivity contribution in [2.45, 2.75) is 83.0 Å². The molecule has 7 rings (SSSR count). The Balaban J connectivity index is 1.56. The van der Waals surface area contributed by atoms with E-state index in [0.717, 1.165) is 0 Å². The summed E-state index contributed by atoms with van der Waals surface area (Å²) in [7, 11) is 2.24. The van der Waals surface area contributed by atoms with Crippen LogP contribution in [0, 0.1) is 6.92 Å². The fourth-order valence-corrected chi connectivity index (χ4v) is 7.25. The third-order valence-corrected chi connectivity index (χ3v) is 9.09. The predicted molar refractivity (Wildman–Crippen MR) is 145 cm³/mol. The molecule has 3 nitrogen and oxygen atoms in total. The molecule has 2 saturated carbocycles. The van der Waals surface area contributed by atoms with Crippen molar-refractivity contribution >= 4 is 38.5 Å². The van der Waals surface area contributed by atoms with Crippen molar-refractivity contribution in [2.24, 2.45) is 7.05 Å². The molecule has 0 bridgehead atoms. The Hall–Kier alpha value is -2.94. The molecule has 0 saturated heterocycles. The van der Waals surface area contributed by atoms with E-state index >= 15 is 0 Å². The van der Waals surface area contributed by atoms with E-state index in [4.69, 9.17) is 4.98 Å². The van der Waals surface area contributed by atoms with Crippen LogP contribution in [0.5, 0.6) is 0 Å². The Morgan fingerprint density at radius 1 is 0.800 bits per heavy atom. The van der Waals surface area contributed by atoms with E-state index in [1.807, 2.05) is 0 Å². The first-order chi connectivity index (χ1) is 17.2. The summed E-state index contributed by atoms with van der Waals surface area (Å²) in [5.74, 6) is 1.32. The zero-order valence-corrected chi connectivity index (χ0v) is 21.2. The largest absolute Gasteiger partial charge is 0.297 e. The molecular weight excluding hydrogens is 426 g/mol. The normalized spacial score (nSPS) is 18.3. The number of fused-ring (bicyclic) bond motifs is 8. The molecule has 2 aromatic carbocycles. The quantitative estimate of drug-likeness (QED) is 0.192. The molecule has 178 valence electrons.